The number of hydrogen-bond donors (Lipinski definition) is 1. The lowest BCUT2D eigenvalue weighted by Gasteiger charge is -2.34. The third kappa shape index (κ3) is 2.65. The van der Waals surface area contributed by atoms with Crippen molar-refractivity contribution in [2.75, 3.05) is 19.8 Å². The molecule has 1 aliphatic heterocycles. The summed E-state index contributed by atoms with van der Waals surface area (Å²) in [5.41, 5.74) is 2.59. The monoisotopic (exact) mass is 329 g/mol. The number of carbonyl (C=O) groups excluding carboxylic acids is 2. The quantitative estimate of drug-likeness (QED) is 0.861. The molecule has 0 spiro atoms. The molecule has 2 aromatic heterocycles. The number of ketones is 1. The first-order chi connectivity index (χ1) is 11.7. The largest absolute Gasteiger partial charge is 0.461 e. The van der Waals surface area contributed by atoms with E-state index in [0.717, 1.165) is 30.5 Å². The van der Waals surface area contributed by atoms with Crippen LogP contribution in [-0.4, -0.2) is 52.6 Å². The Morgan fingerprint density at radius 2 is 2.29 bits per heavy atom. The van der Waals surface area contributed by atoms with Crippen molar-refractivity contribution in [3.8, 4) is 0 Å². The molecule has 7 heteroatoms. The molecule has 7 nitrogen and oxygen atoms in total. The van der Waals surface area contributed by atoms with Crippen molar-refractivity contribution >= 4 is 11.7 Å². The van der Waals surface area contributed by atoms with Gasteiger partial charge in [0.25, 0.3) is 5.91 Å². The fourth-order valence-corrected chi connectivity index (χ4v) is 3.48. The zero-order valence-electron chi connectivity index (χ0n) is 13.3. The lowest BCUT2D eigenvalue weighted by atomic mass is 10.1. The molecular weight excluding hydrogens is 310 g/mol. The number of nitrogens with zero attached hydrogens (tertiary/aromatic N) is 2. The minimum atomic E-state index is -0.294. The molecule has 0 bridgehead atoms. The summed E-state index contributed by atoms with van der Waals surface area (Å²) in [7, 11) is 0. The predicted octanol–water partition coefficient (Wildman–Crippen LogP) is 1.61. The number of furan rings is 1. The minimum absolute atomic E-state index is 0.116. The number of H-pyrrole nitrogens is 1. The van der Waals surface area contributed by atoms with E-state index in [-0.39, 0.29) is 24.2 Å². The van der Waals surface area contributed by atoms with E-state index in [4.69, 9.17) is 9.15 Å². The number of aromatic amines is 1. The molecule has 0 saturated carbocycles. The lowest BCUT2D eigenvalue weighted by molar-refractivity contribution is -0.00338. The molecule has 0 radical (unpaired) electrons. The average molecular weight is 329 g/mol. The smallest absolute Gasteiger partial charge is 0.275 e. The summed E-state index contributed by atoms with van der Waals surface area (Å²) < 4.78 is 10.6. The fourth-order valence-electron chi connectivity index (χ4n) is 3.48. The maximum atomic E-state index is 13.0. The van der Waals surface area contributed by atoms with Crippen LogP contribution in [-0.2, 0) is 17.6 Å². The molecule has 24 heavy (non-hydrogen) atoms. The number of morpholine rings is 1. The summed E-state index contributed by atoms with van der Waals surface area (Å²) in [6.45, 7) is 1.30. The van der Waals surface area contributed by atoms with Gasteiger partial charge in [0.15, 0.2) is 17.2 Å². The van der Waals surface area contributed by atoms with E-state index >= 15 is 0 Å². The second kappa shape index (κ2) is 6.24. The SMILES string of the molecule is O=C(CC1COCCN1C(=O)c1n[nH]c2c1CCC2)c1ccco1. The first-order valence-corrected chi connectivity index (χ1v) is 8.25. The van der Waals surface area contributed by atoms with Gasteiger partial charge in [-0.2, -0.15) is 5.10 Å². The average Bonchev–Trinajstić information content (AvgIpc) is 3.32. The number of ether oxygens (including phenoxy) is 1. The molecule has 4 rings (SSSR count). The molecule has 1 unspecified atom stereocenters. The van der Waals surface area contributed by atoms with Gasteiger partial charge in [-0.1, -0.05) is 0 Å². The van der Waals surface area contributed by atoms with Crippen molar-refractivity contribution in [1.29, 1.82) is 0 Å². The van der Waals surface area contributed by atoms with Crippen LogP contribution in [0.25, 0.3) is 0 Å². The topological polar surface area (TPSA) is 88.4 Å². The van der Waals surface area contributed by atoms with E-state index in [2.05, 4.69) is 10.2 Å². The summed E-state index contributed by atoms with van der Waals surface area (Å²) >= 11 is 0. The Bertz CT molecular complexity index is 750. The Morgan fingerprint density at radius 1 is 1.38 bits per heavy atom. The number of aryl methyl sites for hydroxylation is 1. The van der Waals surface area contributed by atoms with Gasteiger partial charge in [-0.25, -0.2) is 0 Å². The summed E-state index contributed by atoms with van der Waals surface area (Å²) in [5.74, 6) is 0.0733. The van der Waals surface area contributed by atoms with Crippen molar-refractivity contribution in [2.24, 2.45) is 0 Å². The van der Waals surface area contributed by atoms with E-state index in [1.807, 2.05) is 0 Å². The van der Waals surface area contributed by atoms with Crippen LogP contribution < -0.4 is 0 Å². The molecule has 2 aromatic rings. The Labute approximate surface area is 139 Å². The van der Waals surface area contributed by atoms with Gasteiger partial charge >= 0.3 is 0 Å². The Balaban J connectivity index is 1.53. The van der Waals surface area contributed by atoms with Crippen LogP contribution in [0.15, 0.2) is 22.8 Å². The van der Waals surface area contributed by atoms with Gasteiger partial charge < -0.3 is 14.1 Å². The molecule has 1 amide bonds. The van der Waals surface area contributed by atoms with Gasteiger partial charge in [-0.05, 0) is 31.4 Å². The molecule has 1 saturated heterocycles. The predicted molar refractivity (Wildman–Crippen MR) is 83.9 cm³/mol. The van der Waals surface area contributed by atoms with Crippen LogP contribution >= 0.6 is 0 Å². The molecule has 1 atom stereocenters. The van der Waals surface area contributed by atoms with Gasteiger partial charge in [-0.3, -0.25) is 14.7 Å². The highest BCUT2D eigenvalue weighted by molar-refractivity contribution is 5.96. The second-order valence-electron chi connectivity index (χ2n) is 6.21. The number of aromatic nitrogens is 2. The van der Waals surface area contributed by atoms with E-state index in [9.17, 15) is 9.59 Å². The zero-order chi connectivity index (χ0) is 16.5. The van der Waals surface area contributed by atoms with Crippen LogP contribution in [0.4, 0.5) is 0 Å². The van der Waals surface area contributed by atoms with Crippen molar-refractivity contribution in [1.82, 2.24) is 15.1 Å². The fraction of sp³-hybridized carbons (Fsp3) is 0.471. The number of rotatable bonds is 4. The van der Waals surface area contributed by atoms with Crippen molar-refractivity contribution in [3.05, 3.63) is 41.1 Å². The molecule has 2 aliphatic rings. The van der Waals surface area contributed by atoms with Crippen LogP contribution in [0, 0.1) is 0 Å². The highest BCUT2D eigenvalue weighted by Crippen LogP contribution is 2.25. The molecule has 0 aromatic carbocycles. The standard InChI is InChI=1S/C17H19N3O4/c21-14(15-5-2-7-24-15)9-11-10-23-8-6-20(11)17(22)16-12-3-1-4-13(12)18-19-16/h2,5,7,11H,1,3-4,6,8-10H2,(H,18,19). The lowest BCUT2D eigenvalue weighted by Crippen LogP contribution is -2.49. The van der Waals surface area contributed by atoms with E-state index in [1.165, 1.54) is 6.26 Å². The summed E-state index contributed by atoms with van der Waals surface area (Å²) in [5, 5.41) is 7.19. The van der Waals surface area contributed by atoms with Gasteiger partial charge in [0.1, 0.15) is 0 Å². The summed E-state index contributed by atoms with van der Waals surface area (Å²) in [6, 6.07) is 3.02. The van der Waals surface area contributed by atoms with Crippen LogP contribution in [0.2, 0.25) is 0 Å². The minimum Gasteiger partial charge on any atom is -0.461 e. The van der Waals surface area contributed by atoms with Crippen LogP contribution in [0.5, 0.6) is 0 Å². The van der Waals surface area contributed by atoms with Gasteiger partial charge in [0.2, 0.25) is 0 Å². The molecule has 3 heterocycles. The highest BCUT2D eigenvalue weighted by Gasteiger charge is 2.34. The zero-order valence-corrected chi connectivity index (χ0v) is 13.3. The summed E-state index contributed by atoms with van der Waals surface area (Å²) in [4.78, 5) is 27.0. The van der Waals surface area contributed by atoms with E-state index in [1.54, 1.807) is 17.0 Å². The van der Waals surface area contributed by atoms with Crippen LogP contribution in [0.1, 0.15) is 45.1 Å². The van der Waals surface area contributed by atoms with Gasteiger partial charge in [0.05, 0.1) is 25.5 Å². The Hall–Kier alpha value is -2.41. The first kappa shape index (κ1) is 15.1. The third-order valence-electron chi connectivity index (χ3n) is 4.71. The normalized spacial score (nSPS) is 20.2. The Morgan fingerprint density at radius 3 is 3.12 bits per heavy atom. The van der Waals surface area contributed by atoms with Gasteiger partial charge in [-0.15, -0.1) is 0 Å². The van der Waals surface area contributed by atoms with Crippen molar-refractivity contribution in [3.63, 3.8) is 0 Å². The number of fused-ring (bicyclic) bond motifs is 1. The maximum Gasteiger partial charge on any atom is 0.275 e. The van der Waals surface area contributed by atoms with Gasteiger partial charge in [0, 0.05) is 24.2 Å². The number of nitrogens with one attached hydrogen (secondary N) is 1. The van der Waals surface area contributed by atoms with Crippen molar-refractivity contribution in [2.45, 2.75) is 31.7 Å². The molecule has 1 aliphatic carbocycles. The highest BCUT2D eigenvalue weighted by atomic mass is 16.5. The maximum absolute atomic E-state index is 13.0. The number of Topliss-reactive ketones (excluding diaryl/α,β-unsaturated/α-hetero) is 1. The molecule has 1 N–H and O–H groups in total. The molecule has 1 fully saturated rings. The first-order valence-electron chi connectivity index (χ1n) is 8.25. The van der Waals surface area contributed by atoms with E-state index in [0.29, 0.717) is 31.2 Å². The molecule has 126 valence electrons. The summed E-state index contributed by atoms with van der Waals surface area (Å²) in [6.07, 6.45) is 4.53. The second-order valence-corrected chi connectivity index (χ2v) is 6.21. The molecular formula is C17H19N3O4. The van der Waals surface area contributed by atoms with E-state index < -0.39 is 0 Å². The van der Waals surface area contributed by atoms with Crippen LogP contribution in [0.3, 0.4) is 0 Å². The van der Waals surface area contributed by atoms with Crippen molar-refractivity contribution < 1.29 is 18.7 Å². The number of carbonyl (C=O) groups is 2. The number of amides is 1. The third-order valence-corrected chi connectivity index (χ3v) is 4.71. The number of hydrogen-bond acceptors (Lipinski definition) is 5. The Kier molecular flexibility index (Phi) is 3.93.